The molecule has 1 aromatic rings. The minimum atomic E-state index is -3.63. The van der Waals surface area contributed by atoms with Crippen LogP contribution in [0.25, 0.3) is 0 Å². The number of nitrogens with one attached hydrogen (secondary N) is 1. The summed E-state index contributed by atoms with van der Waals surface area (Å²) >= 11 is 5.05. The van der Waals surface area contributed by atoms with E-state index in [0.29, 0.717) is 0 Å². The summed E-state index contributed by atoms with van der Waals surface area (Å²) in [6, 6.07) is -0.476. The summed E-state index contributed by atoms with van der Waals surface area (Å²) in [6.45, 7) is 0. The maximum Gasteiger partial charge on any atom is 0.244 e. The minimum Gasteiger partial charge on any atom is -0.392 e. The summed E-state index contributed by atoms with van der Waals surface area (Å²) in [6.07, 6.45) is 8.07. The van der Waals surface area contributed by atoms with E-state index < -0.39 is 16.1 Å². The largest absolute Gasteiger partial charge is 0.392 e. The van der Waals surface area contributed by atoms with Crippen LogP contribution in [0.1, 0.15) is 32.1 Å². The Balaban J connectivity index is 2.17. The second kappa shape index (κ2) is 6.19. The maximum atomic E-state index is 12.3. The van der Waals surface area contributed by atoms with Gasteiger partial charge in [0.15, 0.2) is 0 Å². The second-order valence-corrected chi connectivity index (χ2v) is 7.43. The first kappa shape index (κ1) is 15.4. The molecule has 1 aliphatic carbocycles. The molecule has 1 fully saturated rings. The van der Waals surface area contributed by atoms with Crippen molar-refractivity contribution >= 4 is 27.2 Å². The van der Waals surface area contributed by atoms with Crippen LogP contribution in [-0.4, -0.2) is 29.2 Å². The molecule has 1 aliphatic rings. The van der Waals surface area contributed by atoms with Gasteiger partial charge in [0.05, 0.1) is 17.2 Å². The van der Waals surface area contributed by atoms with E-state index in [1.165, 1.54) is 23.5 Å². The third kappa shape index (κ3) is 3.56. The Bertz CT molecular complexity index is 576. The normalized spacial score (nSPS) is 18.9. The fourth-order valence-electron chi connectivity index (χ4n) is 2.63. The molecule has 6 nitrogen and oxygen atoms in total. The molecule has 1 aromatic heterocycles. The number of sulfonamides is 1. The van der Waals surface area contributed by atoms with Crippen LogP contribution in [0.3, 0.4) is 0 Å². The van der Waals surface area contributed by atoms with Gasteiger partial charge in [-0.15, -0.1) is 0 Å². The highest BCUT2D eigenvalue weighted by atomic mass is 32.2. The zero-order chi connectivity index (χ0) is 14.8. The molecule has 8 heteroatoms. The molecule has 1 heterocycles. The summed E-state index contributed by atoms with van der Waals surface area (Å²) < 4.78 is 28.7. The highest BCUT2D eigenvalue weighted by molar-refractivity contribution is 7.89. The number of nitrogens with zero attached hydrogens (tertiary/aromatic N) is 2. The molecule has 0 aromatic carbocycles. The van der Waals surface area contributed by atoms with Crippen LogP contribution in [-0.2, 0) is 17.1 Å². The smallest absolute Gasteiger partial charge is 0.244 e. The lowest BCUT2D eigenvalue weighted by Crippen LogP contribution is -2.48. The number of aromatic nitrogens is 2. The molecule has 0 bridgehead atoms. The molecule has 3 N–H and O–H groups in total. The summed E-state index contributed by atoms with van der Waals surface area (Å²) in [5, 5.41) is 3.88. The van der Waals surface area contributed by atoms with Crippen molar-refractivity contribution < 1.29 is 8.42 Å². The number of aryl methyl sites for hydroxylation is 1. The highest BCUT2D eigenvalue weighted by Gasteiger charge is 2.30. The highest BCUT2D eigenvalue weighted by Crippen LogP contribution is 2.27. The second-order valence-electron chi connectivity index (χ2n) is 5.25. The van der Waals surface area contributed by atoms with E-state index >= 15 is 0 Å². The van der Waals surface area contributed by atoms with Crippen molar-refractivity contribution in [2.24, 2.45) is 18.7 Å². The number of rotatable bonds is 5. The fourth-order valence-corrected chi connectivity index (χ4v) is 4.22. The van der Waals surface area contributed by atoms with Crippen molar-refractivity contribution in [3.05, 3.63) is 12.4 Å². The van der Waals surface area contributed by atoms with Gasteiger partial charge < -0.3 is 5.73 Å². The Morgan fingerprint density at radius 2 is 2.15 bits per heavy atom. The van der Waals surface area contributed by atoms with Crippen LogP contribution in [0, 0.1) is 5.92 Å². The minimum absolute atomic E-state index is 0.136. The predicted molar refractivity (Wildman–Crippen MR) is 80.7 cm³/mol. The van der Waals surface area contributed by atoms with Crippen molar-refractivity contribution in [1.82, 2.24) is 14.5 Å². The van der Waals surface area contributed by atoms with Crippen molar-refractivity contribution in [3.63, 3.8) is 0 Å². The summed E-state index contributed by atoms with van der Waals surface area (Å²) in [5.41, 5.74) is 5.74. The molecule has 112 valence electrons. The van der Waals surface area contributed by atoms with E-state index in [1.807, 2.05) is 0 Å². The monoisotopic (exact) mass is 316 g/mol. The van der Waals surface area contributed by atoms with Gasteiger partial charge in [0.1, 0.15) is 4.90 Å². The van der Waals surface area contributed by atoms with Gasteiger partial charge in [-0.05, 0) is 18.8 Å². The molecule has 0 amide bonds. The quantitative estimate of drug-likeness (QED) is 0.789. The van der Waals surface area contributed by atoms with Crippen LogP contribution in [0.2, 0.25) is 0 Å². The lowest BCUT2D eigenvalue weighted by Gasteiger charge is -2.29. The molecule has 0 saturated heterocycles. The van der Waals surface area contributed by atoms with Crippen molar-refractivity contribution in [2.75, 3.05) is 0 Å². The molecular formula is C12H20N4O2S2. The molecule has 1 saturated carbocycles. The van der Waals surface area contributed by atoms with E-state index in [2.05, 4.69) is 9.82 Å². The lowest BCUT2D eigenvalue weighted by atomic mass is 9.84. The molecule has 20 heavy (non-hydrogen) atoms. The Kier molecular flexibility index (Phi) is 4.77. The van der Waals surface area contributed by atoms with Crippen LogP contribution in [0.4, 0.5) is 0 Å². The number of hydrogen-bond acceptors (Lipinski definition) is 4. The Labute approximate surface area is 124 Å². The molecule has 1 unspecified atom stereocenters. The molecule has 0 spiro atoms. The Morgan fingerprint density at radius 1 is 1.50 bits per heavy atom. The Morgan fingerprint density at radius 3 is 2.65 bits per heavy atom. The fraction of sp³-hybridized carbons (Fsp3) is 0.667. The van der Waals surface area contributed by atoms with Gasteiger partial charge in [-0.3, -0.25) is 4.68 Å². The third-order valence-electron chi connectivity index (χ3n) is 3.70. The van der Waals surface area contributed by atoms with Crippen LogP contribution < -0.4 is 10.5 Å². The van der Waals surface area contributed by atoms with Crippen LogP contribution in [0.5, 0.6) is 0 Å². The van der Waals surface area contributed by atoms with E-state index in [1.54, 1.807) is 7.05 Å². The molecule has 0 aliphatic heterocycles. The van der Waals surface area contributed by atoms with E-state index in [4.69, 9.17) is 18.0 Å². The van der Waals surface area contributed by atoms with Crippen LogP contribution in [0.15, 0.2) is 17.3 Å². The molecule has 0 radical (unpaired) electrons. The topological polar surface area (TPSA) is 90.0 Å². The van der Waals surface area contributed by atoms with Gasteiger partial charge in [0, 0.05) is 13.2 Å². The van der Waals surface area contributed by atoms with Crippen molar-refractivity contribution in [3.8, 4) is 0 Å². The predicted octanol–water partition coefficient (Wildman–Crippen LogP) is 0.933. The Hall–Kier alpha value is -0.990. The van der Waals surface area contributed by atoms with Crippen molar-refractivity contribution in [1.29, 1.82) is 0 Å². The lowest BCUT2D eigenvalue weighted by molar-refractivity contribution is 0.330. The van der Waals surface area contributed by atoms with Crippen LogP contribution >= 0.6 is 12.2 Å². The van der Waals surface area contributed by atoms with Gasteiger partial charge >= 0.3 is 0 Å². The van der Waals surface area contributed by atoms with Crippen molar-refractivity contribution in [2.45, 2.75) is 43.0 Å². The maximum absolute atomic E-state index is 12.3. The summed E-state index contributed by atoms with van der Waals surface area (Å²) in [7, 11) is -1.96. The van der Waals surface area contributed by atoms with Gasteiger partial charge in [0.2, 0.25) is 10.0 Å². The zero-order valence-corrected chi connectivity index (χ0v) is 13.1. The summed E-state index contributed by atoms with van der Waals surface area (Å²) in [4.78, 5) is 0.349. The molecule has 1 atom stereocenters. The van der Waals surface area contributed by atoms with Gasteiger partial charge in [0.25, 0.3) is 0 Å². The standard InChI is InChI=1S/C12H20N4O2S2/c1-16-8-10(7-14-16)20(17,18)15-11(12(13)19)9-5-3-2-4-6-9/h7-9,11,15H,2-6H2,1H3,(H2,13,19). The summed E-state index contributed by atoms with van der Waals surface area (Å²) in [5.74, 6) is 0.188. The van der Waals surface area contributed by atoms with E-state index in [-0.39, 0.29) is 15.8 Å². The molecule has 2 rings (SSSR count). The average molecular weight is 316 g/mol. The number of nitrogens with two attached hydrogens (primary N) is 1. The van der Waals surface area contributed by atoms with Gasteiger partial charge in [-0.2, -0.15) is 5.10 Å². The first-order valence-corrected chi connectivity index (χ1v) is 8.59. The number of hydrogen-bond donors (Lipinski definition) is 2. The SMILES string of the molecule is Cn1cc(S(=O)(=O)NC(C(N)=S)C2CCCCC2)cn1. The first-order chi connectivity index (χ1) is 9.40. The first-order valence-electron chi connectivity index (χ1n) is 6.70. The third-order valence-corrected chi connectivity index (χ3v) is 5.35. The van der Waals surface area contributed by atoms with E-state index in [9.17, 15) is 8.42 Å². The zero-order valence-electron chi connectivity index (χ0n) is 11.4. The average Bonchev–Trinajstić information content (AvgIpc) is 2.84. The van der Waals surface area contributed by atoms with E-state index in [0.717, 1.165) is 25.7 Å². The number of thiocarbonyl (C=S) groups is 1. The van der Waals surface area contributed by atoms with Gasteiger partial charge in [-0.1, -0.05) is 31.5 Å². The molecular weight excluding hydrogens is 296 g/mol. The van der Waals surface area contributed by atoms with Gasteiger partial charge in [-0.25, -0.2) is 13.1 Å².